The van der Waals surface area contributed by atoms with Crippen molar-refractivity contribution in [1.29, 1.82) is 0 Å². The zero-order valence-electron chi connectivity index (χ0n) is 16.8. The maximum absolute atomic E-state index is 15.0. The van der Waals surface area contributed by atoms with Gasteiger partial charge in [0.2, 0.25) is 0 Å². The van der Waals surface area contributed by atoms with Gasteiger partial charge in [0.1, 0.15) is 5.60 Å². The second kappa shape index (κ2) is 9.05. The molecule has 0 bridgehead atoms. The normalized spacial score (nSPS) is 15.2. The lowest BCUT2D eigenvalue weighted by Crippen LogP contribution is -2.36. The van der Waals surface area contributed by atoms with Gasteiger partial charge in [-0.1, -0.05) is 60.7 Å². The van der Waals surface area contributed by atoms with Gasteiger partial charge in [-0.2, -0.15) is 0 Å². The number of ether oxygens (including phenoxy) is 1. The van der Waals surface area contributed by atoms with Gasteiger partial charge in [-0.15, -0.1) is 0 Å². The van der Waals surface area contributed by atoms with Gasteiger partial charge in [0.25, 0.3) is 0 Å². The van der Waals surface area contributed by atoms with Crippen LogP contribution < -0.4 is 0 Å². The first-order valence-electron chi connectivity index (χ1n) is 9.31. The maximum atomic E-state index is 15.0. The molecule has 2 atom stereocenters. The van der Waals surface area contributed by atoms with E-state index in [2.05, 4.69) is 0 Å². The lowest BCUT2D eigenvalue weighted by Gasteiger charge is -2.34. The summed E-state index contributed by atoms with van der Waals surface area (Å²) >= 11 is 0. The van der Waals surface area contributed by atoms with Crippen LogP contribution in [0.4, 0.5) is 4.39 Å². The van der Waals surface area contributed by atoms with E-state index < -0.39 is 23.4 Å². The van der Waals surface area contributed by atoms with E-state index in [0.29, 0.717) is 6.54 Å². The van der Waals surface area contributed by atoms with E-state index in [4.69, 9.17) is 4.74 Å². The van der Waals surface area contributed by atoms with Crippen LogP contribution in [0.15, 0.2) is 72.4 Å². The first-order chi connectivity index (χ1) is 12.7. The number of rotatable bonds is 7. The minimum atomic E-state index is -0.670. The van der Waals surface area contributed by atoms with E-state index in [-0.39, 0.29) is 6.04 Å². The fourth-order valence-electron chi connectivity index (χ4n) is 2.99. The molecule has 0 heterocycles. The first-order valence-corrected chi connectivity index (χ1v) is 9.31. The van der Waals surface area contributed by atoms with Crippen molar-refractivity contribution >= 4 is 0 Å². The number of hydrogen-bond acceptors (Lipinski definition) is 3. The molecule has 0 aliphatic carbocycles. The van der Waals surface area contributed by atoms with Gasteiger partial charge in [0.15, 0.2) is 5.83 Å². The lowest BCUT2D eigenvalue weighted by molar-refractivity contribution is -0.0263. The van der Waals surface area contributed by atoms with Crippen LogP contribution in [0.2, 0.25) is 0 Å². The highest BCUT2D eigenvalue weighted by molar-refractivity contribution is 5.21. The summed E-state index contributed by atoms with van der Waals surface area (Å²) in [5.74, 6) is -1.31. The topological polar surface area (TPSA) is 32.7 Å². The molecule has 0 spiro atoms. The summed E-state index contributed by atoms with van der Waals surface area (Å²) in [5, 5.41) is 10.1. The molecule has 0 fully saturated rings. The molecule has 3 nitrogen and oxygen atoms in total. The number of nitrogens with zero attached hydrogens (tertiary/aromatic N) is 1. The number of aliphatic hydroxyl groups is 1. The average Bonchev–Trinajstić information content (AvgIpc) is 2.64. The van der Waals surface area contributed by atoms with Crippen molar-refractivity contribution in [2.45, 2.75) is 58.8 Å². The fourth-order valence-corrected chi connectivity index (χ4v) is 2.99. The van der Waals surface area contributed by atoms with Gasteiger partial charge >= 0.3 is 5.95 Å². The van der Waals surface area contributed by atoms with Crippen molar-refractivity contribution in [3.63, 3.8) is 0 Å². The van der Waals surface area contributed by atoms with Crippen LogP contribution in [0.5, 0.6) is 0 Å². The van der Waals surface area contributed by atoms with Crippen molar-refractivity contribution in [3.8, 4) is 0 Å². The van der Waals surface area contributed by atoms with E-state index in [9.17, 15) is 5.11 Å². The minimum absolute atomic E-state index is 0.0467. The predicted molar refractivity (Wildman–Crippen MR) is 108 cm³/mol. The van der Waals surface area contributed by atoms with Gasteiger partial charge in [0.05, 0.1) is 6.04 Å². The molecular formula is C23H30FNO2. The zero-order valence-corrected chi connectivity index (χ0v) is 16.8. The van der Waals surface area contributed by atoms with Crippen molar-refractivity contribution in [2.75, 3.05) is 0 Å². The Morgan fingerprint density at radius 2 is 1.52 bits per heavy atom. The maximum Gasteiger partial charge on any atom is 0.311 e. The SMILES string of the molecule is C[C@@H](/C(F)=C(\O)OC(C)(C)C)N(Cc1ccccc1)[C@@H](C)c1ccccc1. The Labute approximate surface area is 162 Å². The van der Waals surface area contributed by atoms with E-state index in [1.165, 1.54) is 0 Å². The highest BCUT2D eigenvalue weighted by Crippen LogP contribution is 2.29. The summed E-state index contributed by atoms with van der Waals surface area (Å²) in [5.41, 5.74) is 1.50. The van der Waals surface area contributed by atoms with Gasteiger partial charge in [-0.3, -0.25) is 4.90 Å². The Morgan fingerprint density at radius 1 is 1.00 bits per heavy atom. The molecule has 146 valence electrons. The summed E-state index contributed by atoms with van der Waals surface area (Å²) in [6.07, 6.45) is 0. The molecule has 1 N–H and O–H groups in total. The van der Waals surface area contributed by atoms with E-state index >= 15 is 4.39 Å². The van der Waals surface area contributed by atoms with Gasteiger partial charge in [-0.05, 0) is 45.7 Å². The molecule has 2 aromatic rings. The van der Waals surface area contributed by atoms with E-state index in [1.54, 1.807) is 27.7 Å². The van der Waals surface area contributed by atoms with E-state index in [1.807, 2.05) is 72.5 Å². The largest absolute Gasteiger partial charge is 0.479 e. The molecule has 27 heavy (non-hydrogen) atoms. The molecule has 2 rings (SSSR count). The number of halogens is 1. The Balaban J connectivity index is 2.34. The van der Waals surface area contributed by atoms with Crippen LogP contribution in [0.1, 0.15) is 51.8 Å². The second-order valence-corrected chi connectivity index (χ2v) is 7.79. The van der Waals surface area contributed by atoms with Gasteiger partial charge < -0.3 is 9.84 Å². The highest BCUT2D eigenvalue weighted by Gasteiger charge is 2.29. The van der Waals surface area contributed by atoms with Crippen molar-refractivity contribution in [2.24, 2.45) is 0 Å². The molecule has 0 aliphatic heterocycles. The van der Waals surface area contributed by atoms with Crippen LogP contribution in [0.3, 0.4) is 0 Å². The number of benzene rings is 2. The molecule has 0 radical (unpaired) electrons. The summed E-state index contributed by atoms with van der Waals surface area (Å²) in [6.45, 7) is 9.67. The third kappa shape index (κ3) is 6.10. The van der Waals surface area contributed by atoms with Crippen LogP contribution in [0.25, 0.3) is 0 Å². The van der Waals surface area contributed by atoms with E-state index in [0.717, 1.165) is 11.1 Å². The summed E-state index contributed by atoms with van der Waals surface area (Å²) in [6, 6.07) is 19.2. The minimum Gasteiger partial charge on any atom is -0.479 e. The molecule has 2 aromatic carbocycles. The zero-order chi connectivity index (χ0) is 20.0. The lowest BCUT2D eigenvalue weighted by atomic mass is 10.0. The van der Waals surface area contributed by atoms with Crippen LogP contribution in [0, 0.1) is 0 Å². The third-order valence-corrected chi connectivity index (χ3v) is 4.46. The Bertz CT molecular complexity index is 738. The van der Waals surface area contributed by atoms with Crippen molar-refractivity contribution < 1.29 is 14.2 Å². The number of hydrogen-bond donors (Lipinski definition) is 1. The smallest absolute Gasteiger partial charge is 0.311 e. The number of aliphatic hydroxyl groups excluding tert-OH is 1. The molecule has 0 aromatic heterocycles. The second-order valence-electron chi connectivity index (χ2n) is 7.79. The van der Waals surface area contributed by atoms with Crippen LogP contribution >= 0.6 is 0 Å². The summed E-state index contributed by atoms with van der Waals surface area (Å²) in [7, 11) is 0. The Morgan fingerprint density at radius 3 is 2.04 bits per heavy atom. The molecule has 0 saturated carbocycles. The first kappa shape index (κ1) is 21.0. The predicted octanol–water partition coefficient (Wildman–Crippen LogP) is 6.15. The molecule has 0 unspecified atom stereocenters. The van der Waals surface area contributed by atoms with Crippen molar-refractivity contribution in [1.82, 2.24) is 4.90 Å². The Hall–Kier alpha value is -2.33. The fraction of sp³-hybridized carbons (Fsp3) is 0.391. The van der Waals surface area contributed by atoms with Crippen molar-refractivity contribution in [3.05, 3.63) is 83.6 Å². The van der Waals surface area contributed by atoms with Crippen LogP contribution in [-0.2, 0) is 11.3 Å². The quantitative estimate of drug-likeness (QED) is 0.593. The van der Waals surface area contributed by atoms with Crippen LogP contribution in [-0.4, -0.2) is 21.6 Å². The standard InChI is InChI=1S/C23H30FNO2/c1-17(20-14-10-7-11-15-20)25(16-19-12-8-6-9-13-19)18(2)21(24)22(26)27-23(3,4)5/h6-15,17-18,26H,16H2,1-5H3/b22-21-/t17-,18-/m0/s1. The third-order valence-electron chi connectivity index (χ3n) is 4.46. The van der Waals surface area contributed by atoms with Gasteiger partial charge in [0, 0.05) is 12.6 Å². The van der Waals surface area contributed by atoms with Gasteiger partial charge in [-0.25, -0.2) is 4.39 Å². The summed E-state index contributed by atoms with van der Waals surface area (Å²) in [4.78, 5) is 2.02. The molecule has 0 saturated heterocycles. The average molecular weight is 371 g/mol. The molecule has 0 aliphatic rings. The highest BCUT2D eigenvalue weighted by atomic mass is 19.1. The monoisotopic (exact) mass is 371 g/mol. The molecular weight excluding hydrogens is 341 g/mol. The molecule has 0 amide bonds. The summed E-state index contributed by atoms with van der Waals surface area (Å²) < 4.78 is 20.4. The molecule has 4 heteroatoms. The Kier molecular flexibility index (Phi) is 7.03.